The summed E-state index contributed by atoms with van der Waals surface area (Å²) in [6, 6.07) is 7.94. The molecule has 3 amide bonds. The van der Waals surface area contributed by atoms with Crippen LogP contribution in [0.1, 0.15) is 45.1 Å². The van der Waals surface area contributed by atoms with Gasteiger partial charge in [-0.15, -0.1) is 0 Å². The van der Waals surface area contributed by atoms with Crippen LogP contribution in [-0.4, -0.2) is 48.6 Å². The first-order valence-corrected chi connectivity index (χ1v) is 9.29. The van der Waals surface area contributed by atoms with Gasteiger partial charge in [-0.25, -0.2) is 4.79 Å². The summed E-state index contributed by atoms with van der Waals surface area (Å²) < 4.78 is 5.50. The van der Waals surface area contributed by atoms with Gasteiger partial charge < -0.3 is 20.3 Å². The molecule has 0 spiro atoms. The molecule has 1 aromatic rings. The summed E-state index contributed by atoms with van der Waals surface area (Å²) >= 11 is 0. The Balaban J connectivity index is 1.83. The standard InChI is InChI=1S/C20H29N3O3/c1-20(2,3)22-19(25)23-11-15(14-7-5-6-8-17(14)26-4)16(12-23)18(24)21-13-9-10-13/h5-8,13,15-16H,9-12H2,1-4H3,(H,21,24)(H,22,25). The Morgan fingerprint density at radius 2 is 1.85 bits per heavy atom. The number of benzene rings is 1. The maximum absolute atomic E-state index is 12.8. The van der Waals surface area contributed by atoms with Crippen LogP contribution in [0, 0.1) is 5.92 Å². The second-order valence-corrected chi connectivity index (χ2v) is 8.32. The molecule has 2 N–H and O–H groups in total. The van der Waals surface area contributed by atoms with Gasteiger partial charge in [-0.05, 0) is 45.2 Å². The summed E-state index contributed by atoms with van der Waals surface area (Å²) in [5.74, 6) is 0.461. The molecule has 1 aromatic carbocycles. The van der Waals surface area contributed by atoms with Crippen LogP contribution in [0.25, 0.3) is 0 Å². The van der Waals surface area contributed by atoms with E-state index in [-0.39, 0.29) is 29.3 Å². The maximum atomic E-state index is 12.8. The van der Waals surface area contributed by atoms with Crippen molar-refractivity contribution in [2.24, 2.45) is 5.92 Å². The molecule has 1 heterocycles. The monoisotopic (exact) mass is 359 g/mol. The number of methoxy groups -OCH3 is 1. The van der Waals surface area contributed by atoms with Gasteiger partial charge in [0.25, 0.3) is 0 Å². The molecule has 1 aliphatic carbocycles. The fourth-order valence-corrected chi connectivity index (χ4v) is 3.46. The third-order valence-corrected chi connectivity index (χ3v) is 4.89. The molecular weight excluding hydrogens is 330 g/mol. The SMILES string of the molecule is COc1ccccc1C1CN(C(=O)NC(C)(C)C)CC1C(=O)NC1CC1. The molecule has 2 fully saturated rings. The molecule has 1 saturated carbocycles. The zero-order chi connectivity index (χ0) is 18.9. The van der Waals surface area contributed by atoms with Crippen molar-refractivity contribution in [3.05, 3.63) is 29.8 Å². The Bertz CT molecular complexity index is 679. The fraction of sp³-hybridized carbons (Fsp3) is 0.600. The van der Waals surface area contributed by atoms with Crippen LogP contribution in [0.4, 0.5) is 4.79 Å². The van der Waals surface area contributed by atoms with E-state index >= 15 is 0 Å². The number of carbonyl (C=O) groups is 2. The van der Waals surface area contributed by atoms with E-state index in [1.165, 1.54) is 0 Å². The molecule has 2 atom stereocenters. The molecule has 0 aromatic heterocycles. The number of urea groups is 1. The number of ether oxygens (including phenoxy) is 1. The molecular formula is C20H29N3O3. The average molecular weight is 359 g/mol. The molecule has 2 unspecified atom stereocenters. The predicted octanol–water partition coefficient (Wildman–Crippen LogP) is 2.50. The maximum Gasteiger partial charge on any atom is 0.317 e. The first kappa shape index (κ1) is 18.5. The van der Waals surface area contributed by atoms with Gasteiger partial charge in [-0.1, -0.05) is 18.2 Å². The van der Waals surface area contributed by atoms with Crippen molar-refractivity contribution >= 4 is 11.9 Å². The van der Waals surface area contributed by atoms with E-state index in [9.17, 15) is 9.59 Å². The first-order chi connectivity index (χ1) is 12.3. The number of para-hydroxylation sites is 1. The minimum Gasteiger partial charge on any atom is -0.496 e. The molecule has 6 nitrogen and oxygen atoms in total. The third kappa shape index (κ3) is 4.29. The Morgan fingerprint density at radius 3 is 2.46 bits per heavy atom. The number of nitrogens with zero attached hydrogens (tertiary/aromatic N) is 1. The molecule has 26 heavy (non-hydrogen) atoms. The number of likely N-dealkylation sites (tertiary alicyclic amines) is 1. The summed E-state index contributed by atoms with van der Waals surface area (Å²) in [7, 11) is 1.64. The largest absolute Gasteiger partial charge is 0.496 e. The Morgan fingerprint density at radius 1 is 1.15 bits per heavy atom. The average Bonchev–Trinajstić information content (AvgIpc) is 3.27. The highest BCUT2D eigenvalue weighted by Crippen LogP contribution is 2.38. The van der Waals surface area contributed by atoms with Crippen LogP contribution in [-0.2, 0) is 4.79 Å². The number of nitrogens with one attached hydrogen (secondary N) is 2. The van der Waals surface area contributed by atoms with Gasteiger partial charge in [0.1, 0.15) is 5.75 Å². The van der Waals surface area contributed by atoms with Gasteiger partial charge in [0.2, 0.25) is 5.91 Å². The summed E-state index contributed by atoms with van der Waals surface area (Å²) in [5.41, 5.74) is 0.669. The van der Waals surface area contributed by atoms with Crippen LogP contribution < -0.4 is 15.4 Å². The first-order valence-electron chi connectivity index (χ1n) is 9.29. The zero-order valence-corrected chi connectivity index (χ0v) is 16.0. The van der Waals surface area contributed by atoms with Gasteiger partial charge in [-0.3, -0.25) is 4.79 Å². The molecule has 1 aliphatic heterocycles. The molecule has 3 rings (SSSR count). The Labute approximate surface area is 155 Å². The van der Waals surface area contributed by atoms with Crippen molar-refractivity contribution < 1.29 is 14.3 Å². The van der Waals surface area contributed by atoms with E-state index in [1.807, 2.05) is 45.0 Å². The number of carbonyl (C=O) groups excluding carboxylic acids is 2. The number of rotatable bonds is 4. The lowest BCUT2D eigenvalue weighted by atomic mass is 9.87. The topological polar surface area (TPSA) is 70.7 Å². The van der Waals surface area contributed by atoms with Gasteiger partial charge >= 0.3 is 6.03 Å². The number of amides is 3. The minimum absolute atomic E-state index is 0.0365. The van der Waals surface area contributed by atoms with E-state index in [1.54, 1.807) is 12.0 Å². The second kappa shape index (κ2) is 7.17. The minimum atomic E-state index is -0.314. The Kier molecular flexibility index (Phi) is 5.12. The fourth-order valence-electron chi connectivity index (χ4n) is 3.46. The lowest BCUT2D eigenvalue weighted by Gasteiger charge is -2.25. The van der Waals surface area contributed by atoms with Crippen molar-refractivity contribution in [3.8, 4) is 5.75 Å². The highest BCUT2D eigenvalue weighted by molar-refractivity contribution is 5.83. The lowest BCUT2D eigenvalue weighted by molar-refractivity contribution is -0.125. The molecule has 0 radical (unpaired) electrons. The van der Waals surface area contributed by atoms with Crippen LogP contribution >= 0.6 is 0 Å². The highest BCUT2D eigenvalue weighted by atomic mass is 16.5. The lowest BCUT2D eigenvalue weighted by Crippen LogP contribution is -2.48. The van der Waals surface area contributed by atoms with E-state index in [4.69, 9.17) is 4.74 Å². The number of hydrogen-bond donors (Lipinski definition) is 2. The van der Waals surface area contributed by atoms with E-state index in [0.717, 1.165) is 24.2 Å². The number of hydrogen-bond acceptors (Lipinski definition) is 3. The van der Waals surface area contributed by atoms with Crippen LogP contribution in [0.15, 0.2) is 24.3 Å². The van der Waals surface area contributed by atoms with Gasteiger partial charge in [0.05, 0.1) is 13.0 Å². The van der Waals surface area contributed by atoms with Crippen molar-refractivity contribution in [1.82, 2.24) is 15.5 Å². The smallest absolute Gasteiger partial charge is 0.317 e. The van der Waals surface area contributed by atoms with Gasteiger partial charge in [0.15, 0.2) is 0 Å². The normalized spacial score (nSPS) is 22.8. The third-order valence-electron chi connectivity index (χ3n) is 4.89. The quantitative estimate of drug-likeness (QED) is 0.868. The summed E-state index contributed by atoms with van der Waals surface area (Å²) in [6.45, 7) is 6.79. The van der Waals surface area contributed by atoms with E-state index in [0.29, 0.717) is 19.1 Å². The molecule has 0 bridgehead atoms. The predicted molar refractivity (Wildman–Crippen MR) is 100 cm³/mol. The second-order valence-electron chi connectivity index (χ2n) is 8.32. The van der Waals surface area contributed by atoms with Crippen molar-refractivity contribution in [1.29, 1.82) is 0 Å². The molecule has 2 aliphatic rings. The van der Waals surface area contributed by atoms with E-state index < -0.39 is 0 Å². The summed E-state index contributed by atoms with van der Waals surface area (Å²) in [6.07, 6.45) is 2.10. The zero-order valence-electron chi connectivity index (χ0n) is 16.0. The highest BCUT2D eigenvalue weighted by Gasteiger charge is 2.43. The van der Waals surface area contributed by atoms with Gasteiger partial charge in [-0.2, -0.15) is 0 Å². The van der Waals surface area contributed by atoms with E-state index in [2.05, 4.69) is 10.6 Å². The van der Waals surface area contributed by atoms with Crippen LogP contribution in [0.2, 0.25) is 0 Å². The van der Waals surface area contributed by atoms with Crippen molar-refractivity contribution in [2.75, 3.05) is 20.2 Å². The van der Waals surface area contributed by atoms with Gasteiger partial charge in [0, 0.05) is 30.6 Å². The van der Waals surface area contributed by atoms with Crippen molar-refractivity contribution in [2.45, 2.75) is 51.1 Å². The van der Waals surface area contributed by atoms with Crippen LogP contribution in [0.5, 0.6) is 5.75 Å². The summed E-state index contributed by atoms with van der Waals surface area (Å²) in [5, 5.41) is 6.10. The van der Waals surface area contributed by atoms with Crippen LogP contribution in [0.3, 0.4) is 0 Å². The molecule has 6 heteroatoms. The van der Waals surface area contributed by atoms with Crippen molar-refractivity contribution in [3.63, 3.8) is 0 Å². The Hall–Kier alpha value is -2.24. The summed E-state index contributed by atoms with van der Waals surface area (Å²) in [4.78, 5) is 27.2. The molecule has 1 saturated heterocycles. The molecule has 142 valence electrons.